The average Bonchev–Trinajstić information content (AvgIpc) is 2.81. The highest BCUT2D eigenvalue weighted by Crippen LogP contribution is 2.57. The standard InChI is InChI=1S/C13H24N2O/c1-3-13(4-2,8-14)15-12(16)11-9-6-5-7-10(9)11/h9-11H,3-8,14H2,1-2H3,(H,15,16). The highest BCUT2D eigenvalue weighted by Gasteiger charge is 2.57. The van der Waals surface area contributed by atoms with Crippen LogP contribution in [0, 0.1) is 17.8 Å². The Hall–Kier alpha value is -0.570. The highest BCUT2D eigenvalue weighted by molar-refractivity contribution is 5.83. The van der Waals surface area contributed by atoms with E-state index in [1.54, 1.807) is 0 Å². The summed E-state index contributed by atoms with van der Waals surface area (Å²) in [4.78, 5) is 12.1. The van der Waals surface area contributed by atoms with Crippen molar-refractivity contribution < 1.29 is 4.79 Å². The van der Waals surface area contributed by atoms with Crippen molar-refractivity contribution in [3.8, 4) is 0 Å². The minimum Gasteiger partial charge on any atom is -0.349 e. The van der Waals surface area contributed by atoms with Crippen LogP contribution in [0.5, 0.6) is 0 Å². The molecule has 0 radical (unpaired) electrons. The first-order chi connectivity index (χ1) is 7.67. The quantitative estimate of drug-likeness (QED) is 0.746. The van der Waals surface area contributed by atoms with E-state index < -0.39 is 0 Å². The van der Waals surface area contributed by atoms with Crippen molar-refractivity contribution >= 4 is 5.91 Å². The fourth-order valence-electron chi connectivity index (χ4n) is 3.32. The monoisotopic (exact) mass is 224 g/mol. The number of carbonyl (C=O) groups is 1. The zero-order valence-corrected chi connectivity index (χ0v) is 10.5. The predicted molar refractivity (Wildman–Crippen MR) is 64.8 cm³/mol. The Morgan fingerprint density at radius 1 is 1.31 bits per heavy atom. The third kappa shape index (κ3) is 1.86. The number of amides is 1. The first-order valence-corrected chi connectivity index (χ1v) is 6.69. The largest absolute Gasteiger partial charge is 0.349 e. The van der Waals surface area contributed by atoms with E-state index in [-0.39, 0.29) is 11.4 Å². The van der Waals surface area contributed by atoms with Gasteiger partial charge in [0.2, 0.25) is 5.91 Å². The van der Waals surface area contributed by atoms with E-state index in [9.17, 15) is 4.79 Å². The molecule has 2 aliphatic rings. The molecule has 0 saturated heterocycles. The van der Waals surface area contributed by atoms with Gasteiger partial charge >= 0.3 is 0 Å². The maximum Gasteiger partial charge on any atom is 0.224 e. The van der Waals surface area contributed by atoms with Crippen molar-refractivity contribution in [2.75, 3.05) is 6.54 Å². The Kier molecular flexibility index (Phi) is 3.24. The molecule has 3 heteroatoms. The van der Waals surface area contributed by atoms with Crippen LogP contribution < -0.4 is 11.1 Å². The van der Waals surface area contributed by atoms with E-state index in [4.69, 9.17) is 5.73 Å². The summed E-state index contributed by atoms with van der Waals surface area (Å²) >= 11 is 0. The van der Waals surface area contributed by atoms with Crippen LogP contribution >= 0.6 is 0 Å². The second-order valence-corrected chi connectivity index (χ2v) is 5.47. The van der Waals surface area contributed by atoms with Crippen LogP contribution in [-0.2, 0) is 4.79 Å². The van der Waals surface area contributed by atoms with E-state index in [1.807, 2.05) is 0 Å². The van der Waals surface area contributed by atoms with Crippen LogP contribution in [0.4, 0.5) is 0 Å². The molecule has 2 unspecified atom stereocenters. The molecular weight excluding hydrogens is 200 g/mol. The summed E-state index contributed by atoms with van der Waals surface area (Å²) in [6, 6.07) is 0. The van der Waals surface area contributed by atoms with E-state index >= 15 is 0 Å². The maximum absolute atomic E-state index is 12.1. The molecule has 0 aromatic carbocycles. The molecule has 16 heavy (non-hydrogen) atoms. The van der Waals surface area contributed by atoms with Crippen LogP contribution in [-0.4, -0.2) is 18.0 Å². The van der Waals surface area contributed by atoms with Gasteiger partial charge in [0.15, 0.2) is 0 Å². The second kappa shape index (κ2) is 4.36. The molecule has 0 aliphatic heterocycles. The molecular formula is C13H24N2O. The predicted octanol–water partition coefficient (Wildman–Crippen LogP) is 1.67. The number of nitrogens with one attached hydrogen (secondary N) is 1. The molecule has 0 aromatic rings. The summed E-state index contributed by atoms with van der Waals surface area (Å²) in [6.07, 6.45) is 5.69. The second-order valence-electron chi connectivity index (χ2n) is 5.47. The van der Waals surface area contributed by atoms with E-state index in [1.165, 1.54) is 19.3 Å². The number of rotatable bonds is 5. The molecule has 2 fully saturated rings. The van der Waals surface area contributed by atoms with Crippen molar-refractivity contribution in [3.05, 3.63) is 0 Å². The first kappa shape index (κ1) is 11.9. The summed E-state index contributed by atoms with van der Waals surface area (Å²) in [7, 11) is 0. The van der Waals surface area contributed by atoms with Gasteiger partial charge in [-0.15, -0.1) is 0 Å². The lowest BCUT2D eigenvalue weighted by Gasteiger charge is -2.31. The summed E-state index contributed by atoms with van der Waals surface area (Å²) in [6.45, 7) is 4.75. The van der Waals surface area contributed by atoms with Crippen molar-refractivity contribution in [1.29, 1.82) is 0 Å². The third-order valence-electron chi connectivity index (χ3n) is 4.84. The van der Waals surface area contributed by atoms with E-state index in [0.717, 1.165) is 12.8 Å². The minimum atomic E-state index is -0.159. The third-order valence-corrected chi connectivity index (χ3v) is 4.84. The number of fused-ring (bicyclic) bond motifs is 1. The number of hydrogen-bond acceptors (Lipinski definition) is 2. The molecule has 2 atom stereocenters. The van der Waals surface area contributed by atoms with Gasteiger partial charge in [0.1, 0.15) is 0 Å². The average molecular weight is 224 g/mol. The maximum atomic E-state index is 12.1. The molecule has 0 bridgehead atoms. The van der Waals surface area contributed by atoms with Crippen LogP contribution in [0.15, 0.2) is 0 Å². The Labute approximate surface area is 98.2 Å². The lowest BCUT2D eigenvalue weighted by atomic mass is 9.92. The van der Waals surface area contributed by atoms with Crippen LogP contribution in [0.2, 0.25) is 0 Å². The fourth-order valence-corrected chi connectivity index (χ4v) is 3.32. The zero-order valence-electron chi connectivity index (χ0n) is 10.5. The lowest BCUT2D eigenvalue weighted by molar-refractivity contribution is -0.125. The summed E-state index contributed by atoms with van der Waals surface area (Å²) < 4.78 is 0. The topological polar surface area (TPSA) is 55.1 Å². The van der Waals surface area contributed by atoms with Crippen molar-refractivity contribution in [1.82, 2.24) is 5.32 Å². The Morgan fingerprint density at radius 2 is 1.88 bits per heavy atom. The molecule has 1 amide bonds. The van der Waals surface area contributed by atoms with Gasteiger partial charge in [-0.1, -0.05) is 20.3 Å². The molecule has 2 aliphatic carbocycles. The molecule has 3 nitrogen and oxygen atoms in total. The molecule has 2 rings (SSSR count). The van der Waals surface area contributed by atoms with Crippen LogP contribution in [0.1, 0.15) is 46.0 Å². The highest BCUT2D eigenvalue weighted by atomic mass is 16.2. The Morgan fingerprint density at radius 3 is 2.31 bits per heavy atom. The minimum absolute atomic E-state index is 0.159. The Bertz CT molecular complexity index is 255. The molecule has 0 aromatic heterocycles. The van der Waals surface area contributed by atoms with Crippen molar-refractivity contribution in [2.24, 2.45) is 23.5 Å². The van der Waals surface area contributed by atoms with Gasteiger partial charge in [0.05, 0.1) is 5.54 Å². The summed E-state index contributed by atoms with van der Waals surface area (Å²) in [5.74, 6) is 1.98. The van der Waals surface area contributed by atoms with Crippen molar-refractivity contribution in [3.63, 3.8) is 0 Å². The molecule has 3 N–H and O–H groups in total. The molecule has 0 heterocycles. The van der Waals surface area contributed by atoms with Gasteiger partial charge in [-0.25, -0.2) is 0 Å². The van der Waals surface area contributed by atoms with Gasteiger partial charge < -0.3 is 11.1 Å². The SMILES string of the molecule is CCC(CC)(CN)NC(=O)C1C2CCCC21. The van der Waals surface area contributed by atoms with Crippen LogP contribution in [0.3, 0.4) is 0 Å². The van der Waals surface area contributed by atoms with Gasteiger partial charge in [-0.05, 0) is 37.5 Å². The number of nitrogens with two attached hydrogens (primary N) is 1. The smallest absolute Gasteiger partial charge is 0.224 e. The van der Waals surface area contributed by atoms with Gasteiger partial charge in [-0.2, -0.15) is 0 Å². The molecule has 92 valence electrons. The van der Waals surface area contributed by atoms with Gasteiger partial charge in [0.25, 0.3) is 0 Å². The van der Waals surface area contributed by atoms with E-state index in [0.29, 0.717) is 24.3 Å². The summed E-state index contributed by atoms with van der Waals surface area (Å²) in [5, 5.41) is 3.21. The van der Waals surface area contributed by atoms with Gasteiger partial charge in [-0.3, -0.25) is 4.79 Å². The van der Waals surface area contributed by atoms with E-state index in [2.05, 4.69) is 19.2 Å². The number of hydrogen-bond donors (Lipinski definition) is 2. The summed E-state index contributed by atoms with van der Waals surface area (Å²) in [5.41, 5.74) is 5.64. The van der Waals surface area contributed by atoms with Crippen molar-refractivity contribution in [2.45, 2.75) is 51.5 Å². The number of carbonyl (C=O) groups excluding carboxylic acids is 1. The first-order valence-electron chi connectivity index (χ1n) is 6.69. The van der Waals surface area contributed by atoms with Crippen LogP contribution in [0.25, 0.3) is 0 Å². The molecule has 0 spiro atoms. The lowest BCUT2D eigenvalue weighted by Crippen LogP contribution is -2.53. The zero-order chi connectivity index (χ0) is 11.8. The van der Waals surface area contributed by atoms with Gasteiger partial charge in [0, 0.05) is 12.5 Å². The Balaban J connectivity index is 1.91. The molecule has 2 saturated carbocycles. The normalized spacial score (nSPS) is 32.3. The fraction of sp³-hybridized carbons (Fsp3) is 0.923.